The lowest BCUT2D eigenvalue weighted by Crippen LogP contribution is -2.33. The normalized spacial score (nSPS) is 26.4. The van der Waals surface area contributed by atoms with Gasteiger partial charge in [0.05, 0.1) is 5.69 Å². The molecule has 8 heteroatoms. The smallest absolute Gasteiger partial charge is 0.348 e. The van der Waals surface area contributed by atoms with Gasteiger partial charge in [0.1, 0.15) is 17.4 Å². The molecule has 1 fully saturated rings. The van der Waals surface area contributed by atoms with Crippen molar-refractivity contribution in [3.8, 4) is 0 Å². The number of rotatable bonds is 8. The van der Waals surface area contributed by atoms with Crippen molar-refractivity contribution in [3.05, 3.63) is 40.0 Å². The highest BCUT2D eigenvalue weighted by Gasteiger charge is 2.38. The van der Waals surface area contributed by atoms with Gasteiger partial charge in [-0.15, -0.1) is 0 Å². The molecule has 0 amide bonds. The lowest BCUT2D eigenvalue weighted by Gasteiger charge is -2.40. The van der Waals surface area contributed by atoms with Gasteiger partial charge >= 0.3 is 17.6 Å². The van der Waals surface area contributed by atoms with Crippen LogP contribution in [0.25, 0.3) is 0 Å². The summed E-state index contributed by atoms with van der Waals surface area (Å²) in [7, 11) is 0. The third-order valence-corrected chi connectivity index (χ3v) is 6.29. The van der Waals surface area contributed by atoms with Gasteiger partial charge in [-0.3, -0.25) is 9.59 Å². The molecule has 8 nitrogen and oxygen atoms in total. The van der Waals surface area contributed by atoms with E-state index in [2.05, 4.69) is 24.4 Å². The molecule has 3 N–H and O–H groups in total. The maximum Gasteiger partial charge on any atom is 0.348 e. The van der Waals surface area contributed by atoms with Gasteiger partial charge < -0.3 is 19.9 Å². The molecule has 0 radical (unpaired) electrons. The van der Waals surface area contributed by atoms with Gasteiger partial charge in [0.2, 0.25) is 0 Å². The fourth-order valence-corrected chi connectivity index (χ4v) is 4.80. The second-order valence-electron chi connectivity index (χ2n) is 8.23. The minimum atomic E-state index is -1.26. The Morgan fingerprint density at radius 2 is 2.00 bits per heavy atom. The zero-order valence-corrected chi connectivity index (χ0v) is 16.9. The Morgan fingerprint density at radius 1 is 1.27 bits per heavy atom. The molecule has 0 bridgehead atoms. The summed E-state index contributed by atoms with van der Waals surface area (Å²) in [6.07, 6.45) is 8.54. The molecule has 30 heavy (non-hydrogen) atoms. The van der Waals surface area contributed by atoms with Crippen molar-refractivity contribution < 1.29 is 29.0 Å². The molecule has 162 valence electrons. The number of aldehydes is 1. The standard InChI is InChI=1S/C22H27NO7/c1-12-6-7-13-4-2-3-5-14(13)20(12)18-10-17(15(11-24)22(29)30-18)23-16(21(27)28)8-9-19(25)26/h6-7,10-14,16,20,23H,2-5,8-9H2,1H3,(H,25,26)(H,27,28). The Bertz CT molecular complexity index is 903. The number of carbonyl (C=O) groups excluding carboxylic acids is 1. The van der Waals surface area contributed by atoms with E-state index in [1.165, 1.54) is 0 Å². The highest BCUT2D eigenvalue weighted by Crippen LogP contribution is 2.48. The fourth-order valence-electron chi connectivity index (χ4n) is 4.80. The fraction of sp³-hybridized carbons (Fsp3) is 0.545. The summed E-state index contributed by atoms with van der Waals surface area (Å²) < 4.78 is 5.54. The van der Waals surface area contributed by atoms with Crippen LogP contribution in [0.4, 0.5) is 5.69 Å². The molecule has 0 saturated heterocycles. The summed E-state index contributed by atoms with van der Waals surface area (Å²) in [4.78, 5) is 46.4. The molecule has 0 aliphatic heterocycles. The monoisotopic (exact) mass is 417 g/mol. The summed E-state index contributed by atoms with van der Waals surface area (Å²) in [6, 6.07) is 0.300. The summed E-state index contributed by atoms with van der Waals surface area (Å²) >= 11 is 0. The van der Waals surface area contributed by atoms with Crippen molar-refractivity contribution in [2.75, 3.05) is 5.32 Å². The van der Waals surface area contributed by atoms with Crippen molar-refractivity contribution >= 4 is 23.9 Å². The third-order valence-electron chi connectivity index (χ3n) is 6.29. The first kappa shape index (κ1) is 21.8. The van der Waals surface area contributed by atoms with Crippen LogP contribution in [-0.2, 0) is 9.59 Å². The summed E-state index contributed by atoms with van der Waals surface area (Å²) in [5.74, 6) is -1.14. The zero-order chi connectivity index (χ0) is 21.8. The van der Waals surface area contributed by atoms with Crippen LogP contribution in [0.2, 0.25) is 0 Å². The minimum Gasteiger partial charge on any atom is -0.481 e. The molecule has 1 aromatic heterocycles. The Kier molecular flexibility index (Phi) is 6.74. The van der Waals surface area contributed by atoms with E-state index < -0.39 is 23.6 Å². The maximum absolute atomic E-state index is 12.5. The number of carboxylic acid groups (broad SMARTS) is 2. The number of anilines is 1. The molecule has 1 aromatic rings. The van der Waals surface area contributed by atoms with E-state index in [0.717, 1.165) is 25.7 Å². The molecule has 5 unspecified atom stereocenters. The van der Waals surface area contributed by atoms with Crippen LogP contribution >= 0.6 is 0 Å². The summed E-state index contributed by atoms with van der Waals surface area (Å²) in [5.41, 5.74) is -1.04. The van der Waals surface area contributed by atoms with Crippen molar-refractivity contribution in [1.82, 2.24) is 0 Å². The minimum absolute atomic E-state index is 0.0449. The zero-order valence-electron chi connectivity index (χ0n) is 16.9. The predicted molar refractivity (Wildman–Crippen MR) is 109 cm³/mol. The Morgan fingerprint density at radius 3 is 2.67 bits per heavy atom. The quantitative estimate of drug-likeness (QED) is 0.433. The first-order valence-corrected chi connectivity index (χ1v) is 10.3. The van der Waals surface area contributed by atoms with E-state index in [1.54, 1.807) is 6.07 Å². The topological polar surface area (TPSA) is 134 Å². The predicted octanol–water partition coefficient (Wildman–Crippen LogP) is 3.28. The number of nitrogens with one attached hydrogen (secondary N) is 1. The maximum atomic E-state index is 12.5. The average molecular weight is 417 g/mol. The van der Waals surface area contributed by atoms with Crippen LogP contribution in [0, 0.1) is 17.8 Å². The van der Waals surface area contributed by atoms with E-state index in [4.69, 9.17) is 9.52 Å². The Labute approximate surface area is 174 Å². The molecular formula is C22H27NO7. The molecule has 5 atom stereocenters. The van der Waals surface area contributed by atoms with Gasteiger partial charge in [-0.25, -0.2) is 9.59 Å². The number of carbonyl (C=O) groups is 3. The van der Waals surface area contributed by atoms with Crippen LogP contribution in [0.15, 0.2) is 27.4 Å². The number of fused-ring (bicyclic) bond motifs is 1. The largest absolute Gasteiger partial charge is 0.481 e. The van der Waals surface area contributed by atoms with Gasteiger partial charge in [0.15, 0.2) is 6.29 Å². The van der Waals surface area contributed by atoms with Gasteiger partial charge in [-0.1, -0.05) is 31.9 Å². The lowest BCUT2D eigenvalue weighted by molar-refractivity contribution is -0.139. The van der Waals surface area contributed by atoms with Crippen molar-refractivity contribution in [3.63, 3.8) is 0 Å². The summed E-state index contributed by atoms with van der Waals surface area (Å²) in [6.45, 7) is 2.06. The second kappa shape index (κ2) is 9.28. The van der Waals surface area contributed by atoms with Gasteiger partial charge in [-0.05, 0) is 37.0 Å². The molecule has 3 rings (SSSR count). The van der Waals surface area contributed by atoms with Crippen LogP contribution in [0.3, 0.4) is 0 Å². The number of carboxylic acids is 2. The second-order valence-corrected chi connectivity index (χ2v) is 8.23. The number of allylic oxidation sites excluding steroid dienone is 2. The highest BCUT2D eigenvalue weighted by atomic mass is 16.4. The number of aliphatic carboxylic acids is 2. The molecule has 2 aliphatic carbocycles. The first-order valence-electron chi connectivity index (χ1n) is 10.3. The molecular weight excluding hydrogens is 390 g/mol. The Balaban J connectivity index is 1.97. The number of hydrogen-bond donors (Lipinski definition) is 3. The third kappa shape index (κ3) is 4.63. The molecule has 2 aliphatic rings. The van der Waals surface area contributed by atoms with Crippen LogP contribution in [0.5, 0.6) is 0 Å². The lowest BCUT2D eigenvalue weighted by atomic mass is 9.64. The van der Waals surface area contributed by atoms with E-state index in [-0.39, 0.29) is 35.9 Å². The van der Waals surface area contributed by atoms with E-state index in [0.29, 0.717) is 23.9 Å². The van der Waals surface area contributed by atoms with Gasteiger partial charge in [0, 0.05) is 18.4 Å². The number of hydrogen-bond acceptors (Lipinski definition) is 6. The van der Waals surface area contributed by atoms with Gasteiger partial charge in [-0.2, -0.15) is 0 Å². The van der Waals surface area contributed by atoms with Crippen LogP contribution in [0.1, 0.15) is 67.5 Å². The van der Waals surface area contributed by atoms with Crippen molar-refractivity contribution in [1.29, 1.82) is 0 Å². The van der Waals surface area contributed by atoms with E-state index >= 15 is 0 Å². The summed E-state index contributed by atoms with van der Waals surface area (Å²) in [5, 5.41) is 21.0. The SMILES string of the molecule is CC1C=CC2CCCCC2C1c1cc(NC(CCC(=O)O)C(=O)O)c(C=O)c(=O)o1. The van der Waals surface area contributed by atoms with Crippen molar-refractivity contribution in [2.24, 2.45) is 17.8 Å². The highest BCUT2D eigenvalue weighted by molar-refractivity contribution is 5.86. The van der Waals surface area contributed by atoms with Gasteiger partial charge in [0.25, 0.3) is 0 Å². The van der Waals surface area contributed by atoms with E-state index in [1.807, 2.05) is 0 Å². The first-order chi connectivity index (χ1) is 14.3. The molecule has 1 saturated carbocycles. The van der Waals surface area contributed by atoms with Crippen LogP contribution in [-0.4, -0.2) is 34.5 Å². The Hall–Kier alpha value is -2.90. The van der Waals surface area contributed by atoms with E-state index in [9.17, 15) is 24.3 Å². The van der Waals surface area contributed by atoms with Crippen LogP contribution < -0.4 is 10.9 Å². The molecule has 1 heterocycles. The molecule has 0 spiro atoms. The average Bonchev–Trinajstić information content (AvgIpc) is 2.70. The van der Waals surface area contributed by atoms with Crippen molar-refractivity contribution in [2.45, 2.75) is 57.4 Å². The molecule has 0 aromatic carbocycles.